The van der Waals surface area contributed by atoms with Crippen molar-refractivity contribution < 1.29 is 28.2 Å². The molecule has 1 amide bonds. The van der Waals surface area contributed by atoms with E-state index in [1.165, 1.54) is 38.5 Å². The summed E-state index contributed by atoms with van der Waals surface area (Å²) in [6.45, 7) is 0. The van der Waals surface area contributed by atoms with E-state index in [1.807, 2.05) is 0 Å². The van der Waals surface area contributed by atoms with Crippen LogP contribution in [0.15, 0.2) is 42.5 Å². The molecule has 142 valence electrons. The van der Waals surface area contributed by atoms with Gasteiger partial charge in [-0.1, -0.05) is 34.1 Å². The Bertz CT molecular complexity index is 837. The van der Waals surface area contributed by atoms with E-state index in [0.29, 0.717) is 5.56 Å². The highest BCUT2D eigenvalue weighted by Gasteiger charge is 2.20. The number of methoxy groups -OCH3 is 2. The monoisotopic (exact) mass is 437 g/mol. The van der Waals surface area contributed by atoms with Gasteiger partial charge in [0.05, 0.1) is 30.2 Å². The molecule has 27 heavy (non-hydrogen) atoms. The average Bonchev–Trinajstić information content (AvgIpc) is 2.67. The van der Waals surface area contributed by atoms with Gasteiger partial charge in [-0.3, -0.25) is 4.79 Å². The number of hydrogen-bond donors (Lipinski definition) is 1. The third kappa shape index (κ3) is 5.37. The molecule has 0 aliphatic rings. The van der Waals surface area contributed by atoms with Gasteiger partial charge in [0.2, 0.25) is 5.91 Å². The summed E-state index contributed by atoms with van der Waals surface area (Å²) in [6, 6.07) is 10.2. The van der Waals surface area contributed by atoms with Gasteiger partial charge in [-0.2, -0.15) is 0 Å². The Labute approximate surface area is 163 Å². The summed E-state index contributed by atoms with van der Waals surface area (Å²) >= 11 is 3.23. The average molecular weight is 438 g/mol. The standard InChI is InChI=1S/C19H17BrFNO5/c1-26-18(24)12-7-13(19(25)27-2)9-14(8-12)22-17(23)15(20)10-11-5-3-4-6-16(11)21/h3-9,15H,10H2,1-2H3,(H,22,23). The van der Waals surface area contributed by atoms with Gasteiger partial charge >= 0.3 is 11.9 Å². The molecule has 0 bridgehead atoms. The molecule has 0 heterocycles. The van der Waals surface area contributed by atoms with E-state index in [1.54, 1.807) is 18.2 Å². The number of amides is 1. The van der Waals surface area contributed by atoms with Crippen molar-refractivity contribution in [1.82, 2.24) is 0 Å². The number of ether oxygens (including phenoxy) is 2. The summed E-state index contributed by atoms with van der Waals surface area (Å²) in [5.74, 6) is -2.21. The smallest absolute Gasteiger partial charge is 0.337 e. The summed E-state index contributed by atoms with van der Waals surface area (Å²) in [5.41, 5.74) is 0.751. The fourth-order valence-corrected chi connectivity index (χ4v) is 2.80. The molecule has 2 rings (SSSR count). The highest BCUT2D eigenvalue weighted by atomic mass is 79.9. The number of benzene rings is 2. The first kappa shape index (κ1) is 20.6. The van der Waals surface area contributed by atoms with Crippen LogP contribution in [0.3, 0.4) is 0 Å². The Kier molecular flexibility index (Phi) is 7.06. The van der Waals surface area contributed by atoms with E-state index in [0.717, 1.165) is 0 Å². The van der Waals surface area contributed by atoms with Gasteiger partial charge < -0.3 is 14.8 Å². The fourth-order valence-electron chi connectivity index (χ4n) is 2.34. The largest absolute Gasteiger partial charge is 0.465 e. The second-order valence-corrected chi connectivity index (χ2v) is 6.64. The van der Waals surface area contributed by atoms with Crippen molar-refractivity contribution in [3.05, 3.63) is 65.0 Å². The molecule has 0 aliphatic heterocycles. The topological polar surface area (TPSA) is 81.7 Å². The minimum atomic E-state index is -0.724. The lowest BCUT2D eigenvalue weighted by Crippen LogP contribution is -2.25. The molecule has 1 N–H and O–H groups in total. The highest BCUT2D eigenvalue weighted by molar-refractivity contribution is 9.10. The Balaban J connectivity index is 2.21. The SMILES string of the molecule is COC(=O)c1cc(NC(=O)C(Br)Cc2ccccc2F)cc(C(=O)OC)c1. The van der Waals surface area contributed by atoms with E-state index in [4.69, 9.17) is 0 Å². The maximum atomic E-state index is 13.7. The van der Waals surface area contributed by atoms with Crippen LogP contribution in [-0.4, -0.2) is 36.9 Å². The zero-order valence-electron chi connectivity index (χ0n) is 14.6. The normalized spacial score (nSPS) is 11.4. The fraction of sp³-hybridized carbons (Fsp3) is 0.211. The molecular weight excluding hydrogens is 421 g/mol. The first-order valence-corrected chi connectivity index (χ1v) is 8.77. The minimum Gasteiger partial charge on any atom is -0.465 e. The molecule has 0 aliphatic carbocycles. The molecule has 8 heteroatoms. The van der Waals surface area contributed by atoms with Crippen LogP contribution in [0.4, 0.5) is 10.1 Å². The first-order chi connectivity index (χ1) is 12.8. The molecule has 2 aromatic rings. The van der Waals surface area contributed by atoms with Gasteiger partial charge in [0.1, 0.15) is 5.82 Å². The van der Waals surface area contributed by atoms with Gasteiger partial charge in [-0.15, -0.1) is 0 Å². The molecule has 0 saturated carbocycles. The lowest BCUT2D eigenvalue weighted by Gasteiger charge is -2.13. The molecule has 1 unspecified atom stereocenters. The molecule has 0 spiro atoms. The molecule has 1 atom stereocenters. The molecule has 2 aromatic carbocycles. The molecule has 0 radical (unpaired) electrons. The number of nitrogens with one attached hydrogen (secondary N) is 1. The summed E-state index contributed by atoms with van der Waals surface area (Å²) in [5, 5.41) is 2.60. The van der Waals surface area contributed by atoms with E-state index in [9.17, 15) is 18.8 Å². The molecular formula is C19H17BrFNO5. The Morgan fingerprint density at radius 1 is 1.04 bits per heavy atom. The highest BCUT2D eigenvalue weighted by Crippen LogP contribution is 2.20. The lowest BCUT2D eigenvalue weighted by molar-refractivity contribution is -0.115. The van der Waals surface area contributed by atoms with Crippen LogP contribution in [0.25, 0.3) is 0 Å². The minimum absolute atomic E-state index is 0.0796. The van der Waals surface area contributed by atoms with Gasteiger partial charge in [0.15, 0.2) is 0 Å². The van der Waals surface area contributed by atoms with Crippen molar-refractivity contribution in [3.8, 4) is 0 Å². The maximum Gasteiger partial charge on any atom is 0.337 e. The van der Waals surface area contributed by atoms with Gasteiger partial charge in [-0.25, -0.2) is 14.0 Å². The van der Waals surface area contributed by atoms with Crippen molar-refractivity contribution >= 4 is 39.5 Å². The lowest BCUT2D eigenvalue weighted by atomic mass is 10.1. The van der Waals surface area contributed by atoms with Crippen LogP contribution in [-0.2, 0) is 20.7 Å². The number of alkyl halides is 1. The number of esters is 2. The summed E-state index contributed by atoms with van der Waals surface area (Å²) in [7, 11) is 2.41. The first-order valence-electron chi connectivity index (χ1n) is 7.85. The second-order valence-electron chi connectivity index (χ2n) is 5.53. The van der Waals surface area contributed by atoms with Crippen LogP contribution >= 0.6 is 15.9 Å². The number of halogens is 2. The van der Waals surface area contributed by atoms with Gasteiger partial charge in [0, 0.05) is 5.69 Å². The number of rotatable bonds is 6. The van der Waals surface area contributed by atoms with Crippen LogP contribution in [0.5, 0.6) is 0 Å². The maximum absolute atomic E-state index is 13.7. The summed E-state index contributed by atoms with van der Waals surface area (Å²) in [4.78, 5) is 35.3. The molecule has 0 aromatic heterocycles. The third-order valence-electron chi connectivity index (χ3n) is 3.68. The Morgan fingerprint density at radius 2 is 1.59 bits per heavy atom. The number of hydrogen-bond acceptors (Lipinski definition) is 5. The predicted octanol–water partition coefficient (Wildman–Crippen LogP) is 3.34. The van der Waals surface area contributed by atoms with Crippen molar-refractivity contribution in [1.29, 1.82) is 0 Å². The van der Waals surface area contributed by atoms with Crippen LogP contribution < -0.4 is 5.32 Å². The van der Waals surface area contributed by atoms with Gasteiger partial charge in [-0.05, 0) is 36.2 Å². The van der Waals surface area contributed by atoms with Crippen molar-refractivity contribution in [2.45, 2.75) is 11.2 Å². The predicted molar refractivity (Wildman–Crippen MR) is 101 cm³/mol. The molecule has 6 nitrogen and oxygen atoms in total. The van der Waals surface area contributed by atoms with Crippen molar-refractivity contribution in [3.63, 3.8) is 0 Å². The quantitative estimate of drug-likeness (QED) is 0.553. The third-order valence-corrected chi connectivity index (χ3v) is 4.42. The van der Waals surface area contributed by atoms with Crippen LogP contribution in [0, 0.1) is 5.82 Å². The van der Waals surface area contributed by atoms with Crippen molar-refractivity contribution in [2.75, 3.05) is 19.5 Å². The van der Waals surface area contributed by atoms with E-state index >= 15 is 0 Å². The zero-order chi connectivity index (χ0) is 20.0. The summed E-state index contributed by atoms with van der Waals surface area (Å²) in [6.07, 6.45) is 0.124. The van der Waals surface area contributed by atoms with E-state index < -0.39 is 28.5 Å². The van der Waals surface area contributed by atoms with E-state index in [-0.39, 0.29) is 23.2 Å². The molecule has 0 saturated heterocycles. The number of anilines is 1. The number of carbonyl (C=O) groups is 3. The van der Waals surface area contributed by atoms with Crippen LogP contribution in [0.1, 0.15) is 26.3 Å². The zero-order valence-corrected chi connectivity index (χ0v) is 16.2. The molecule has 0 fully saturated rings. The van der Waals surface area contributed by atoms with Crippen molar-refractivity contribution in [2.24, 2.45) is 0 Å². The summed E-state index contributed by atoms with van der Waals surface area (Å²) < 4.78 is 23.0. The Morgan fingerprint density at radius 3 is 2.11 bits per heavy atom. The number of carbonyl (C=O) groups excluding carboxylic acids is 3. The van der Waals surface area contributed by atoms with Gasteiger partial charge in [0.25, 0.3) is 0 Å². The van der Waals surface area contributed by atoms with E-state index in [2.05, 4.69) is 30.7 Å². The Hall–Kier alpha value is -2.74. The van der Waals surface area contributed by atoms with Crippen LogP contribution in [0.2, 0.25) is 0 Å². The second kappa shape index (κ2) is 9.27.